The van der Waals surface area contributed by atoms with E-state index in [0.717, 1.165) is 5.56 Å². The smallest absolute Gasteiger partial charge is 0.225 e. The minimum Gasteiger partial charge on any atom is -0.388 e. The van der Waals surface area contributed by atoms with E-state index in [1.165, 1.54) is 6.92 Å². The van der Waals surface area contributed by atoms with Crippen molar-refractivity contribution in [2.45, 2.75) is 44.3 Å². The van der Waals surface area contributed by atoms with E-state index in [1.807, 2.05) is 30.3 Å². The summed E-state index contributed by atoms with van der Waals surface area (Å²) in [6, 6.07) is 9.57. The van der Waals surface area contributed by atoms with Crippen molar-refractivity contribution < 1.29 is 24.5 Å². The number of rotatable bonds is 6. The highest BCUT2D eigenvalue weighted by atomic mass is 16.5. The van der Waals surface area contributed by atoms with Gasteiger partial charge in [-0.3, -0.25) is 9.59 Å². The molecule has 0 aromatic heterocycles. The van der Waals surface area contributed by atoms with Crippen molar-refractivity contribution in [1.82, 2.24) is 10.2 Å². The number of amides is 2. The second kappa shape index (κ2) is 8.23. The highest BCUT2D eigenvalue weighted by molar-refractivity contribution is 5.76. The lowest BCUT2D eigenvalue weighted by atomic mass is 10.0. The van der Waals surface area contributed by atoms with Crippen molar-refractivity contribution in [1.29, 1.82) is 0 Å². The van der Waals surface area contributed by atoms with Gasteiger partial charge < -0.3 is 25.2 Å². The number of hydrogen-bond donors (Lipinski definition) is 3. The van der Waals surface area contributed by atoms with E-state index < -0.39 is 24.4 Å². The van der Waals surface area contributed by atoms with Gasteiger partial charge in [0.2, 0.25) is 11.8 Å². The van der Waals surface area contributed by atoms with Crippen molar-refractivity contribution in [2.24, 2.45) is 0 Å². The SMILES string of the molecule is CC(=O)NC[C@@H]1O[C@@H](CC(=O)N(C)Cc2ccccc2)[C@H](O)[C@@H]1O. The molecule has 3 N–H and O–H groups in total. The van der Waals surface area contributed by atoms with Crippen LogP contribution < -0.4 is 5.32 Å². The summed E-state index contributed by atoms with van der Waals surface area (Å²) in [5.41, 5.74) is 1.00. The predicted octanol–water partition coefficient (Wildman–Crippen LogP) is -0.340. The van der Waals surface area contributed by atoms with Crippen molar-refractivity contribution in [3.05, 3.63) is 35.9 Å². The Morgan fingerprint density at radius 3 is 2.42 bits per heavy atom. The van der Waals surface area contributed by atoms with E-state index in [0.29, 0.717) is 6.54 Å². The normalized spacial score (nSPS) is 26.2. The van der Waals surface area contributed by atoms with Crippen molar-refractivity contribution in [3.8, 4) is 0 Å². The number of carbonyl (C=O) groups is 2. The van der Waals surface area contributed by atoms with Gasteiger partial charge in [-0.2, -0.15) is 0 Å². The average Bonchev–Trinajstić information content (AvgIpc) is 2.81. The number of hydrogen-bond acceptors (Lipinski definition) is 5. The Hall–Kier alpha value is -1.96. The fourth-order valence-corrected chi connectivity index (χ4v) is 2.68. The summed E-state index contributed by atoms with van der Waals surface area (Å²) in [6.45, 7) is 1.91. The average molecular weight is 336 g/mol. The second-order valence-electron chi connectivity index (χ2n) is 6.07. The third-order valence-electron chi connectivity index (χ3n) is 4.08. The summed E-state index contributed by atoms with van der Waals surface area (Å²) in [6.07, 6.45) is -3.82. The Bertz CT molecular complexity index is 565. The largest absolute Gasteiger partial charge is 0.388 e. The first-order valence-corrected chi connectivity index (χ1v) is 7.92. The predicted molar refractivity (Wildman–Crippen MR) is 86.9 cm³/mol. The zero-order valence-corrected chi connectivity index (χ0v) is 13.9. The minimum atomic E-state index is -1.15. The van der Waals surface area contributed by atoms with Crippen LogP contribution in [0.5, 0.6) is 0 Å². The molecule has 0 radical (unpaired) electrons. The van der Waals surface area contributed by atoms with Gasteiger partial charge >= 0.3 is 0 Å². The molecule has 1 aromatic rings. The van der Waals surface area contributed by atoms with Gasteiger partial charge in [0.05, 0.1) is 12.5 Å². The third kappa shape index (κ3) is 4.77. The number of nitrogens with one attached hydrogen (secondary N) is 1. The summed E-state index contributed by atoms with van der Waals surface area (Å²) in [5, 5.41) is 22.6. The van der Waals surface area contributed by atoms with Gasteiger partial charge in [-0.1, -0.05) is 30.3 Å². The second-order valence-corrected chi connectivity index (χ2v) is 6.07. The molecule has 24 heavy (non-hydrogen) atoms. The summed E-state index contributed by atoms with van der Waals surface area (Å²) in [7, 11) is 1.68. The van der Waals surface area contributed by atoms with Crippen LogP contribution in [0.2, 0.25) is 0 Å². The van der Waals surface area contributed by atoms with Crippen molar-refractivity contribution in [3.63, 3.8) is 0 Å². The molecule has 7 nitrogen and oxygen atoms in total. The molecule has 1 heterocycles. The third-order valence-corrected chi connectivity index (χ3v) is 4.08. The van der Waals surface area contributed by atoms with Crippen LogP contribution in [0.3, 0.4) is 0 Å². The molecule has 7 heteroatoms. The Morgan fingerprint density at radius 2 is 1.79 bits per heavy atom. The Morgan fingerprint density at radius 1 is 1.17 bits per heavy atom. The van der Waals surface area contributed by atoms with E-state index in [2.05, 4.69) is 5.32 Å². The monoisotopic (exact) mass is 336 g/mol. The van der Waals surface area contributed by atoms with Crippen LogP contribution in [0.1, 0.15) is 18.9 Å². The topological polar surface area (TPSA) is 99.1 Å². The van der Waals surface area contributed by atoms with E-state index in [1.54, 1.807) is 11.9 Å². The van der Waals surface area contributed by atoms with Gasteiger partial charge in [-0.15, -0.1) is 0 Å². The lowest BCUT2D eigenvalue weighted by Crippen LogP contribution is -2.39. The number of aliphatic hydroxyl groups is 2. The maximum atomic E-state index is 12.3. The van der Waals surface area contributed by atoms with Gasteiger partial charge in [0.1, 0.15) is 18.3 Å². The zero-order valence-electron chi connectivity index (χ0n) is 13.9. The standard InChI is InChI=1S/C17H24N2O5/c1-11(20)18-9-14-17(23)16(22)13(24-14)8-15(21)19(2)10-12-6-4-3-5-7-12/h3-7,13-14,16-17,22-23H,8-10H2,1-2H3,(H,18,20)/t13-,14-,16-,17+/m0/s1. The van der Waals surface area contributed by atoms with Crippen molar-refractivity contribution >= 4 is 11.8 Å². The molecule has 0 unspecified atom stereocenters. The molecule has 132 valence electrons. The lowest BCUT2D eigenvalue weighted by Gasteiger charge is -2.21. The van der Waals surface area contributed by atoms with E-state index in [-0.39, 0.29) is 24.8 Å². The molecule has 1 fully saturated rings. The molecule has 4 atom stereocenters. The number of benzene rings is 1. The summed E-state index contributed by atoms with van der Waals surface area (Å²) < 4.78 is 5.55. The van der Waals surface area contributed by atoms with E-state index in [9.17, 15) is 19.8 Å². The number of ether oxygens (including phenoxy) is 1. The Balaban J connectivity index is 1.87. The van der Waals surface area contributed by atoms with E-state index >= 15 is 0 Å². The van der Waals surface area contributed by atoms with E-state index in [4.69, 9.17) is 4.74 Å². The van der Waals surface area contributed by atoms with Crippen LogP contribution >= 0.6 is 0 Å². The van der Waals surface area contributed by atoms with Gasteiger partial charge in [0.25, 0.3) is 0 Å². The van der Waals surface area contributed by atoms with Crippen LogP contribution in [0, 0.1) is 0 Å². The molecule has 0 spiro atoms. The van der Waals surface area contributed by atoms with Gasteiger partial charge in [-0.05, 0) is 5.56 Å². The molecular formula is C17H24N2O5. The van der Waals surface area contributed by atoms with Crippen LogP contribution in [0.4, 0.5) is 0 Å². The maximum absolute atomic E-state index is 12.3. The first kappa shape index (κ1) is 18.4. The first-order valence-electron chi connectivity index (χ1n) is 7.92. The first-order chi connectivity index (χ1) is 11.4. The molecule has 0 saturated carbocycles. The van der Waals surface area contributed by atoms with Gasteiger partial charge in [-0.25, -0.2) is 0 Å². The number of nitrogens with zero attached hydrogens (tertiary/aromatic N) is 1. The number of carbonyl (C=O) groups excluding carboxylic acids is 2. The molecule has 1 aromatic carbocycles. The lowest BCUT2D eigenvalue weighted by molar-refractivity contribution is -0.134. The maximum Gasteiger partial charge on any atom is 0.225 e. The Kier molecular flexibility index (Phi) is 6.30. The van der Waals surface area contributed by atoms with Crippen LogP contribution in [0.15, 0.2) is 30.3 Å². The summed E-state index contributed by atoms with van der Waals surface area (Å²) in [4.78, 5) is 24.8. The molecule has 0 bridgehead atoms. The molecule has 2 rings (SSSR count). The molecule has 1 saturated heterocycles. The number of aliphatic hydroxyl groups excluding tert-OH is 2. The summed E-state index contributed by atoms with van der Waals surface area (Å²) in [5.74, 6) is -0.433. The van der Waals surface area contributed by atoms with Crippen LogP contribution in [0.25, 0.3) is 0 Å². The van der Waals surface area contributed by atoms with Gasteiger partial charge in [0, 0.05) is 27.1 Å². The molecule has 1 aliphatic rings. The minimum absolute atomic E-state index is 0.0296. The fourth-order valence-electron chi connectivity index (χ4n) is 2.68. The molecular weight excluding hydrogens is 312 g/mol. The van der Waals surface area contributed by atoms with Gasteiger partial charge in [0.15, 0.2) is 0 Å². The highest BCUT2D eigenvalue weighted by Crippen LogP contribution is 2.24. The molecule has 1 aliphatic heterocycles. The van der Waals surface area contributed by atoms with Crippen LogP contribution in [-0.2, 0) is 20.9 Å². The highest BCUT2D eigenvalue weighted by Gasteiger charge is 2.43. The van der Waals surface area contributed by atoms with Crippen molar-refractivity contribution in [2.75, 3.05) is 13.6 Å². The van der Waals surface area contributed by atoms with Crippen LogP contribution in [-0.4, -0.2) is 64.9 Å². The molecule has 0 aliphatic carbocycles. The Labute approximate surface area is 141 Å². The zero-order chi connectivity index (χ0) is 17.7. The fraction of sp³-hybridized carbons (Fsp3) is 0.529. The quantitative estimate of drug-likeness (QED) is 0.660. The summed E-state index contributed by atoms with van der Waals surface area (Å²) >= 11 is 0. The molecule has 2 amide bonds.